The molecule has 0 radical (unpaired) electrons. The molecule has 0 aromatic rings. The number of carbonyl (C=O) groups excluding carboxylic acids is 2. The third-order valence-corrected chi connectivity index (χ3v) is 7.47. The van der Waals surface area contributed by atoms with Crippen LogP contribution in [0.2, 0.25) is 0 Å². The number of ether oxygens (including phenoxy) is 3. The SMILES string of the molecule is CCCCCCCCCCCCCCCCCCNC(=O)OCC1(COC(=O)NCCCN(C)C)CCCO1. The Morgan fingerprint density at radius 2 is 1.13 bits per heavy atom. The first kappa shape index (κ1) is 35.5. The van der Waals surface area contributed by atoms with E-state index in [1.54, 1.807) is 0 Å². The smallest absolute Gasteiger partial charge is 0.407 e. The highest BCUT2D eigenvalue weighted by molar-refractivity contribution is 5.67. The first-order valence-electron chi connectivity index (χ1n) is 16.1. The van der Waals surface area contributed by atoms with Crippen molar-refractivity contribution in [2.75, 3.05) is 53.6 Å². The molecule has 2 N–H and O–H groups in total. The number of nitrogens with one attached hydrogen (secondary N) is 2. The molecule has 1 heterocycles. The van der Waals surface area contributed by atoms with E-state index in [9.17, 15) is 9.59 Å². The number of unbranched alkanes of at least 4 members (excludes halogenated alkanes) is 15. The molecule has 1 unspecified atom stereocenters. The van der Waals surface area contributed by atoms with Crippen LogP contribution in [-0.4, -0.2) is 76.2 Å². The van der Waals surface area contributed by atoms with Crippen LogP contribution in [-0.2, 0) is 14.2 Å². The van der Waals surface area contributed by atoms with Gasteiger partial charge in [0.1, 0.15) is 18.8 Å². The van der Waals surface area contributed by atoms with Gasteiger partial charge in [-0.3, -0.25) is 0 Å². The number of nitrogens with zero attached hydrogens (tertiary/aromatic N) is 1. The molecule has 2 amide bonds. The summed E-state index contributed by atoms with van der Waals surface area (Å²) < 4.78 is 16.6. The Labute approximate surface area is 239 Å². The lowest BCUT2D eigenvalue weighted by Gasteiger charge is -2.27. The molecule has 0 aromatic carbocycles. The lowest BCUT2D eigenvalue weighted by atomic mass is 10.0. The zero-order valence-electron chi connectivity index (χ0n) is 25.7. The maximum atomic E-state index is 12.2. The second-order valence-corrected chi connectivity index (χ2v) is 11.6. The van der Waals surface area contributed by atoms with Gasteiger partial charge < -0.3 is 29.7 Å². The molecule has 39 heavy (non-hydrogen) atoms. The third kappa shape index (κ3) is 21.0. The average molecular weight is 556 g/mol. The number of alkyl carbamates (subject to hydrolysis) is 2. The normalized spacial score (nSPS) is 16.9. The Morgan fingerprint density at radius 1 is 0.692 bits per heavy atom. The van der Waals surface area contributed by atoms with Crippen LogP contribution in [0.4, 0.5) is 9.59 Å². The lowest BCUT2D eigenvalue weighted by Crippen LogP contribution is -2.43. The minimum atomic E-state index is -0.743. The van der Waals surface area contributed by atoms with Gasteiger partial charge in [-0.1, -0.05) is 103 Å². The van der Waals surface area contributed by atoms with Gasteiger partial charge in [0.15, 0.2) is 0 Å². The highest BCUT2D eigenvalue weighted by Gasteiger charge is 2.38. The molecule has 1 saturated heterocycles. The summed E-state index contributed by atoms with van der Waals surface area (Å²) in [5, 5.41) is 5.60. The monoisotopic (exact) mass is 555 g/mol. The summed E-state index contributed by atoms with van der Waals surface area (Å²) in [7, 11) is 3.99. The Morgan fingerprint density at radius 3 is 1.54 bits per heavy atom. The highest BCUT2D eigenvalue weighted by atomic mass is 16.6. The molecule has 0 spiro atoms. The first-order valence-corrected chi connectivity index (χ1v) is 16.1. The number of rotatable bonds is 25. The number of carbonyl (C=O) groups is 2. The van der Waals surface area contributed by atoms with Crippen molar-refractivity contribution in [3.63, 3.8) is 0 Å². The molecule has 1 atom stereocenters. The van der Waals surface area contributed by atoms with Gasteiger partial charge >= 0.3 is 12.2 Å². The molecule has 1 rings (SSSR count). The van der Waals surface area contributed by atoms with Gasteiger partial charge in [0.2, 0.25) is 0 Å². The van der Waals surface area contributed by atoms with E-state index in [4.69, 9.17) is 14.2 Å². The van der Waals surface area contributed by atoms with Crippen LogP contribution >= 0.6 is 0 Å². The van der Waals surface area contributed by atoms with Gasteiger partial charge in [0.25, 0.3) is 0 Å². The largest absolute Gasteiger partial charge is 0.446 e. The van der Waals surface area contributed by atoms with Crippen LogP contribution < -0.4 is 10.6 Å². The van der Waals surface area contributed by atoms with E-state index in [-0.39, 0.29) is 13.2 Å². The van der Waals surface area contributed by atoms with Crippen LogP contribution in [0.1, 0.15) is 129 Å². The highest BCUT2D eigenvalue weighted by Crippen LogP contribution is 2.26. The summed E-state index contributed by atoms with van der Waals surface area (Å²) in [6.07, 6.45) is 22.8. The second-order valence-electron chi connectivity index (χ2n) is 11.6. The lowest BCUT2D eigenvalue weighted by molar-refractivity contribution is -0.0770. The molecule has 8 heteroatoms. The maximum absolute atomic E-state index is 12.2. The average Bonchev–Trinajstić information content (AvgIpc) is 3.39. The van der Waals surface area contributed by atoms with E-state index in [0.717, 1.165) is 32.2 Å². The van der Waals surface area contributed by atoms with Gasteiger partial charge in [-0.15, -0.1) is 0 Å². The third-order valence-electron chi connectivity index (χ3n) is 7.47. The molecule has 0 bridgehead atoms. The molecule has 1 fully saturated rings. The summed E-state index contributed by atoms with van der Waals surface area (Å²) in [6.45, 7) is 5.11. The fraction of sp³-hybridized carbons (Fsp3) is 0.935. The quantitative estimate of drug-likeness (QED) is 0.116. The fourth-order valence-electron chi connectivity index (χ4n) is 4.97. The molecule has 8 nitrogen and oxygen atoms in total. The molecular formula is C31H61N3O5. The van der Waals surface area contributed by atoms with E-state index in [1.807, 2.05) is 14.1 Å². The molecule has 0 aromatic heterocycles. The fourth-order valence-corrected chi connectivity index (χ4v) is 4.97. The molecule has 1 aliphatic rings. The van der Waals surface area contributed by atoms with Crippen LogP contribution in [0.25, 0.3) is 0 Å². The minimum Gasteiger partial charge on any atom is -0.446 e. The van der Waals surface area contributed by atoms with Crippen molar-refractivity contribution < 1.29 is 23.8 Å². The van der Waals surface area contributed by atoms with Crippen LogP contribution in [0.15, 0.2) is 0 Å². The van der Waals surface area contributed by atoms with E-state index in [2.05, 4.69) is 22.5 Å². The summed E-state index contributed by atoms with van der Waals surface area (Å²) >= 11 is 0. The molecule has 230 valence electrons. The predicted molar refractivity (Wildman–Crippen MR) is 159 cm³/mol. The van der Waals surface area contributed by atoms with Crippen molar-refractivity contribution >= 4 is 12.2 Å². The summed E-state index contributed by atoms with van der Waals surface area (Å²) in [5.41, 5.74) is -0.743. The number of amides is 2. The molecule has 1 aliphatic heterocycles. The topological polar surface area (TPSA) is 89.1 Å². The van der Waals surface area contributed by atoms with E-state index < -0.39 is 17.8 Å². The molecular weight excluding hydrogens is 494 g/mol. The van der Waals surface area contributed by atoms with E-state index in [0.29, 0.717) is 26.1 Å². The van der Waals surface area contributed by atoms with Gasteiger partial charge in [-0.2, -0.15) is 0 Å². The predicted octanol–water partition coefficient (Wildman–Crippen LogP) is 7.20. The maximum Gasteiger partial charge on any atom is 0.407 e. The Hall–Kier alpha value is -1.54. The van der Waals surface area contributed by atoms with E-state index in [1.165, 1.54) is 89.9 Å². The van der Waals surface area contributed by atoms with Gasteiger partial charge in [0, 0.05) is 19.7 Å². The van der Waals surface area contributed by atoms with Crippen molar-refractivity contribution in [1.29, 1.82) is 0 Å². The van der Waals surface area contributed by atoms with E-state index >= 15 is 0 Å². The van der Waals surface area contributed by atoms with Crippen molar-refractivity contribution in [3.8, 4) is 0 Å². The summed E-state index contributed by atoms with van der Waals surface area (Å²) in [5.74, 6) is 0. The minimum absolute atomic E-state index is 0.0823. The van der Waals surface area contributed by atoms with Crippen molar-refractivity contribution in [2.45, 2.75) is 135 Å². The van der Waals surface area contributed by atoms with Crippen LogP contribution in [0.3, 0.4) is 0 Å². The first-order chi connectivity index (χ1) is 19.0. The molecule has 0 aliphatic carbocycles. The number of hydrogen-bond acceptors (Lipinski definition) is 6. The van der Waals surface area contributed by atoms with Gasteiger partial charge in [-0.25, -0.2) is 9.59 Å². The summed E-state index contributed by atoms with van der Waals surface area (Å²) in [6, 6.07) is 0. The number of hydrogen-bond donors (Lipinski definition) is 2. The van der Waals surface area contributed by atoms with Crippen molar-refractivity contribution in [1.82, 2.24) is 15.5 Å². The van der Waals surface area contributed by atoms with Gasteiger partial charge in [-0.05, 0) is 46.3 Å². The van der Waals surface area contributed by atoms with Crippen LogP contribution in [0, 0.1) is 0 Å². The Bertz CT molecular complexity index is 597. The standard InChI is InChI=1S/C31H61N3O5/c1-4-5-6-7-8-9-10-11-12-13-14-15-16-17-18-19-23-32-29(35)37-27-31(22-20-26-39-31)28-38-30(36)33-24-21-25-34(2)3/h4-28H2,1-3H3,(H,32,35)(H,33,36). The van der Waals surface area contributed by atoms with Crippen molar-refractivity contribution in [2.24, 2.45) is 0 Å². The Kier molecular flexibility index (Phi) is 22.1. The van der Waals surface area contributed by atoms with Crippen molar-refractivity contribution in [3.05, 3.63) is 0 Å². The molecule has 0 saturated carbocycles. The van der Waals surface area contributed by atoms with Crippen LogP contribution in [0.5, 0.6) is 0 Å². The zero-order chi connectivity index (χ0) is 28.4. The van der Waals surface area contributed by atoms with Gasteiger partial charge in [0.05, 0.1) is 0 Å². The second kappa shape index (κ2) is 24.3. The summed E-state index contributed by atoms with van der Waals surface area (Å²) in [4.78, 5) is 26.2. The zero-order valence-corrected chi connectivity index (χ0v) is 25.7. The Balaban J connectivity index is 1.96.